The van der Waals surface area contributed by atoms with Crippen molar-refractivity contribution in [1.29, 1.82) is 0 Å². The first-order valence-electron chi connectivity index (χ1n) is 8.00. The molecule has 5 nitrogen and oxygen atoms in total. The molecule has 1 aliphatic carbocycles. The highest BCUT2D eigenvalue weighted by Gasteiger charge is 2.25. The van der Waals surface area contributed by atoms with Gasteiger partial charge in [-0.3, -0.25) is 9.59 Å². The largest absolute Gasteiger partial charge is 0.396 e. The summed E-state index contributed by atoms with van der Waals surface area (Å²) in [4.78, 5) is 23.7. The molecule has 1 aromatic rings. The lowest BCUT2D eigenvalue weighted by atomic mass is 9.85. The highest BCUT2D eigenvalue weighted by atomic mass is 19.1. The number of hydrogen-bond acceptors (Lipinski definition) is 3. The van der Waals surface area contributed by atoms with E-state index in [4.69, 9.17) is 0 Å². The topological polar surface area (TPSA) is 78.4 Å². The lowest BCUT2D eigenvalue weighted by molar-refractivity contribution is -0.126. The zero-order valence-corrected chi connectivity index (χ0v) is 13.1. The minimum absolute atomic E-state index is 0.0265. The highest BCUT2D eigenvalue weighted by Crippen LogP contribution is 2.23. The molecule has 2 rings (SSSR count). The van der Waals surface area contributed by atoms with Crippen LogP contribution in [0.2, 0.25) is 0 Å². The van der Waals surface area contributed by atoms with Crippen LogP contribution in [0.25, 0.3) is 0 Å². The average Bonchev–Trinajstić information content (AvgIpc) is 2.53. The van der Waals surface area contributed by atoms with Crippen LogP contribution in [0.4, 0.5) is 4.39 Å². The second-order valence-corrected chi connectivity index (χ2v) is 5.98. The predicted octanol–water partition coefficient (Wildman–Crippen LogP) is 1.15. The van der Waals surface area contributed by atoms with Crippen LogP contribution < -0.4 is 10.6 Å². The van der Waals surface area contributed by atoms with Crippen LogP contribution >= 0.6 is 0 Å². The first kappa shape index (κ1) is 17.4. The molecule has 1 aliphatic rings. The van der Waals surface area contributed by atoms with Crippen LogP contribution in [-0.2, 0) is 16.0 Å². The molecule has 23 heavy (non-hydrogen) atoms. The van der Waals surface area contributed by atoms with Crippen LogP contribution in [-0.4, -0.2) is 36.1 Å². The molecule has 2 atom stereocenters. The van der Waals surface area contributed by atoms with Gasteiger partial charge in [-0.15, -0.1) is 0 Å². The van der Waals surface area contributed by atoms with Crippen molar-refractivity contribution in [2.45, 2.75) is 38.1 Å². The molecule has 1 saturated carbocycles. The van der Waals surface area contributed by atoms with E-state index in [1.54, 1.807) is 12.1 Å². The van der Waals surface area contributed by atoms with Crippen LogP contribution in [0, 0.1) is 11.7 Å². The van der Waals surface area contributed by atoms with E-state index in [-0.39, 0.29) is 49.2 Å². The smallest absolute Gasteiger partial charge is 0.239 e. The molecule has 2 amide bonds. The Balaban J connectivity index is 1.74. The number of amides is 2. The number of carbonyl (C=O) groups is 2. The lowest BCUT2D eigenvalue weighted by Crippen LogP contribution is -2.47. The minimum Gasteiger partial charge on any atom is -0.396 e. The molecule has 0 heterocycles. The van der Waals surface area contributed by atoms with Crippen LogP contribution in [0.5, 0.6) is 0 Å². The number of carbonyl (C=O) groups excluding carboxylic acids is 2. The summed E-state index contributed by atoms with van der Waals surface area (Å²) < 4.78 is 13.0. The second kappa shape index (κ2) is 8.62. The quantitative estimate of drug-likeness (QED) is 0.735. The second-order valence-electron chi connectivity index (χ2n) is 5.98. The first-order chi connectivity index (χ1) is 11.1. The van der Waals surface area contributed by atoms with Gasteiger partial charge in [0.15, 0.2) is 0 Å². The maximum atomic E-state index is 13.0. The van der Waals surface area contributed by atoms with Gasteiger partial charge >= 0.3 is 0 Å². The van der Waals surface area contributed by atoms with Crippen molar-refractivity contribution in [2.24, 2.45) is 5.92 Å². The van der Waals surface area contributed by atoms with Gasteiger partial charge in [0, 0.05) is 18.6 Å². The molecule has 3 N–H and O–H groups in total. The Morgan fingerprint density at radius 1 is 1.22 bits per heavy atom. The number of hydrogen-bond donors (Lipinski definition) is 3. The molecule has 0 aromatic heterocycles. The van der Waals surface area contributed by atoms with Crippen molar-refractivity contribution in [2.75, 3.05) is 13.2 Å². The normalized spacial score (nSPS) is 20.8. The Labute approximate surface area is 135 Å². The van der Waals surface area contributed by atoms with Crippen molar-refractivity contribution in [3.05, 3.63) is 35.6 Å². The number of rotatable bonds is 6. The summed E-state index contributed by atoms with van der Waals surface area (Å²) in [6.07, 6.45) is 3.91. The molecule has 126 valence electrons. The number of aliphatic hydroxyl groups is 1. The summed E-state index contributed by atoms with van der Waals surface area (Å²) in [5, 5.41) is 14.7. The maximum Gasteiger partial charge on any atom is 0.239 e. The molecule has 0 aliphatic heterocycles. The van der Waals surface area contributed by atoms with E-state index in [9.17, 15) is 19.1 Å². The highest BCUT2D eigenvalue weighted by molar-refractivity contribution is 5.85. The molecule has 0 radical (unpaired) electrons. The SMILES string of the molecule is O=C(Cc1cccc(F)c1)NCC(=O)NC1CCCCC1CO. The van der Waals surface area contributed by atoms with E-state index in [1.165, 1.54) is 12.1 Å². The van der Waals surface area contributed by atoms with E-state index in [2.05, 4.69) is 10.6 Å². The fourth-order valence-electron chi connectivity index (χ4n) is 2.95. The Morgan fingerprint density at radius 3 is 2.74 bits per heavy atom. The van der Waals surface area contributed by atoms with Crippen LogP contribution in [0.3, 0.4) is 0 Å². The summed E-state index contributed by atoms with van der Waals surface area (Å²) in [5.41, 5.74) is 0.565. The third kappa shape index (κ3) is 5.63. The lowest BCUT2D eigenvalue weighted by Gasteiger charge is -2.30. The molecule has 0 bridgehead atoms. The Morgan fingerprint density at radius 2 is 2.00 bits per heavy atom. The number of benzene rings is 1. The van der Waals surface area contributed by atoms with E-state index in [1.807, 2.05) is 0 Å². The fraction of sp³-hybridized carbons (Fsp3) is 0.529. The van der Waals surface area contributed by atoms with Gasteiger partial charge in [-0.25, -0.2) is 4.39 Å². The maximum absolute atomic E-state index is 13.0. The summed E-state index contributed by atoms with van der Waals surface area (Å²) in [7, 11) is 0. The summed E-state index contributed by atoms with van der Waals surface area (Å²) in [6, 6.07) is 5.80. The Hall–Kier alpha value is -1.95. The van der Waals surface area contributed by atoms with Gasteiger partial charge in [0.2, 0.25) is 11.8 Å². The van der Waals surface area contributed by atoms with E-state index >= 15 is 0 Å². The predicted molar refractivity (Wildman–Crippen MR) is 84.1 cm³/mol. The Bertz CT molecular complexity index is 550. The number of halogens is 1. The summed E-state index contributed by atoms with van der Waals surface area (Å²) in [6.45, 7) is -0.0420. The van der Waals surface area contributed by atoms with Gasteiger partial charge < -0.3 is 15.7 Å². The van der Waals surface area contributed by atoms with Crippen LogP contribution in [0.1, 0.15) is 31.2 Å². The first-order valence-corrected chi connectivity index (χ1v) is 8.00. The molecular formula is C17H23FN2O3. The minimum atomic E-state index is -0.389. The average molecular weight is 322 g/mol. The van der Waals surface area contributed by atoms with E-state index in [0.717, 1.165) is 25.7 Å². The zero-order valence-electron chi connectivity index (χ0n) is 13.1. The van der Waals surface area contributed by atoms with Gasteiger partial charge in [-0.05, 0) is 30.5 Å². The summed E-state index contributed by atoms with van der Waals surface area (Å²) >= 11 is 0. The number of aliphatic hydroxyl groups excluding tert-OH is 1. The standard InChI is InChI=1S/C17H23FN2O3/c18-14-6-3-4-12(8-14)9-16(22)19-10-17(23)20-15-7-2-1-5-13(15)11-21/h3-4,6,8,13,15,21H,1-2,5,7,9-11H2,(H,19,22)(H,20,23). The van der Waals surface area contributed by atoms with E-state index in [0.29, 0.717) is 5.56 Å². The van der Waals surface area contributed by atoms with Crippen molar-refractivity contribution in [3.8, 4) is 0 Å². The fourth-order valence-corrected chi connectivity index (χ4v) is 2.95. The van der Waals surface area contributed by atoms with Gasteiger partial charge in [0.05, 0.1) is 13.0 Å². The molecule has 0 saturated heterocycles. The van der Waals surface area contributed by atoms with Crippen LogP contribution in [0.15, 0.2) is 24.3 Å². The number of nitrogens with one attached hydrogen (secondary N) is 2. The third-order valence-electron chi connectivity index (χ3n) is 4.19. The van der Waals surface area contributed by atoms with Crippen molar-refractivity contribution < 1.29 is 19.1 Å². The molecule has 6 heteroatoms. The molecular weight excluding hydrogens is 299 g/mol. The van der Waals surface area contributed by atoms with Gasteiger partial charge in [-0.1, -0.05) is 25.0 Å². The van der Waals surface area contributed by atoms with E-state index < -0.39 is 0 Å². The molecule has 1 aromatic carbocycles. The van der Waals surface area contributed by atoms with Crippen molar-refractivity contribution in [3.63, 3.8) is 0 Å². The zero-order chi connectivity index (χ0) is 16.7. The van der Waals surface area contributed by atoms with Gasteiger partial charge in [-0.2, -0.15) is 0 Å². The monoisotopic (exact) mass is 322 g/mol. The van der Waals surface area contributed by atoms with Crippen molar-refractivity contribution >= 4 is 11.8 Å². The van der Waals surface area contributed by atoms with Gasteiger partial charge in [0.25, 0.3) is 0 Å². The van der Waals surface area contributed by atoms with Gasteiger partial charge in [0.1, 0.15) is 5.82 Å². The Kier molecular flexibility index (Phi) is 6.52. The summed E-state index contributed by atoms with van der Waals surface area (Å²) in [5.74, 6) is -0.882. The molecule has 0 spiro atoms. The molecule has 2 unspecified atom stereocenters. The third-order valence-corrected chi connectivity index (χ3v) is 4.19. The van der Waals surface area contributed by atoms with Crippen molar-refractivity contribution in [1.82, 2.24) is 10.6 Å². The molecule has 1 fully saturated rings.